The molecule has 2 aliphatic rings. The van der Waals surface area contributed by atoms with E-state index in [4.69, 9.17) is 10.5 Å². The number of likely N-dealkylation sites (tertiary alicyclic amines) is 1. The molecule has 2 fully saturated rings. The van der Waals surface area contributed by atoms with Crippen molar-refractivity contribution < 1.29 is 19.1 Å². The summed E-state index contributed by atoms with van der Waals surface area (Å²) in [7, 11) is 0. The number of carbonyl (C=O) groups is 3. The molecule has 0 aliphatic carbocycles. The minimum atomic E-state index is -0.549. The number of nitrogens with zero attached hydrogens (tertiary/aromatic N) is 1. The van der Waals surface area contributed by atoms with Crippen LogP contribution in [-0.4, -0.2) is 47.8 Å². The van der Waals surface area contributed by atoms with Crippen LogP contribution in [0.15, 0.2) is 24.3 Å². The third-order valence-electron chi connectivity index (χ3n) is 5.11. The van der Waals surface area contributed by atoms with E-state index in [0.29, 0.717) is 30.5 Å². The quantitative estimate of drug-likeness (QED) is 0.890. The van der Waals surface area contributed by atoms with Crippen LogP contribution in [0.3, 0.4) is 0 Å². The zero-order valence-corrected chi connectivity index (χ0v) is 15.5. The summed E-state index contributed by atoms with van der Waals surface area (Å²) >= 11 is 0. The molecule has 0 unspecified atom stereocenters. The van der Waals surface area contributed by atoms with Gasteiger partial charge in [0.05, 0.1) is 12.0 Å². The zero-order valence-electron chi connectivity index (χ0n) is 15.5. The maximum Gasteiger partial charge on any atom is 0.249 e. The van der Waals surface area contributed by atoms with Crippen molar-refractivity contribution in [1.29, 1.82) is 0 Å². The molecule has 2 saturated heterocycles. The van der Waals surface area contributed by atoms with E-state index in [1.165, 1.54) is 0 Å². The minimum absolute atomic E-state index is 0.0430. The number of ketones is 1. The number of hydrogen-bond acceptors (Lipinski definition) is 4. The van der Waals surface area contributed by atoms with Crippen LogP contribution in [0.5, 0.6) is 0 Å². The van der Waals surface area contributed by atoms with Crippen LogP contribution in [0.1, 0.15) is 55.5 Å². The first-order valence-corrected chi connectivity index (χ1v) is 9.02. The van der Waals surface area contributed by atoms with E-state index in [2.05, 4.69) is 20.8 Å². The number of nitrogens with two attached hydrogens (primary N) is 1. The molecule has 1 aromatic rings. The lowest BCUT2D eigenvalue weighted by Crippen LogP contribution is -2.45. The maximum absolute atomic E-state index is 13.5. The van der Waals surface area contributed by atoms with Crippen molar-refractivity contribution in [2.75, 3.05) is 13.2 Å². The van der Waals surface area contributed by atoms with Gasteiger partial charge in [-0.05, 0) is 29.9 Å². The fraction of sp³-hybridized carbons (Fsp3) is 0.550. The number of rotatable bonds is 4. The Morgan fingerprint density at radius 1 is 1.31 bits per heavy atom. The second-order valence-electron chi connectivity index (χ2n) is 8.35. The first-order chi connectivity index (χ1) is 12.2. The second kappa shape index (κ2) is 6.83. The number of fused-ring (bicyclic) bond motifs is 1. The topological polar surface area (TPSA) is 89.7 Å². The third-order valence-corrected chi connectivity index (χ3v) is 5.11. The van der Waals surface area contributed by atoms with Crippen molar-refractivity contribution in [3.05, 3.63) is 35.4 Å². The Kier molecular flexibility index (Phi) is 4.88. The average Bonchev–Trinajstić information content (AvgIpc) is 3.14. The second-order valence-corrected chi connectivity index (χ2v) is 8.35. The van der Waals surface area contributed by atoms with Gasteiger partial charge in [0.1, 0.15) is 12.6 Å². The van der Waals surface area contributed by atoms with Gasteiger partial charge in [0.25, 0.3) is 0 Å². The number of Topliss-reactive ketones (excluding diaryl/α,β-unsaturated/α-hetero) is 1. The minimum Gasteiger partial charge on any atom is -0.368 e. The Hall–Kier alpha value is -2.21. The molecule has 0 saturated carbocycles. The molecule has 2 N–H and O–H groups in total. The molecule has 140 valence electrons. The highest BCUT2D eigenvalue weighted by Crippen LogP contribution is 2.37. The lowest BCUT2D eigenvalue weighted by Gasteiger charge is -2.31. The monoisotopic (exact) mass is 358 g/mol. The first kappa shape index (κ1) is 18.6. The van der Waals surface area contributed by atoms with Gasteiger partial charge < -0.3 is 15.4 Å². The molecule has 3 rings (SSSR count). The fourth-order valence-electron chi connectivity index (χ4n) is 4.01. The smallest absolute Gasteiger partial charge is 0.249 e. The van der Waals surface area contributed by atoms with Crippen molar-refractivity contribution in [2.24, 2.45) is 11.1 Å². The molecule has 1 aromatic carbocycles. The van der Waals surface area contributed by atoms with Crippen LogP contribution in [-0.2, 0) is 14.3 Å². The highest BCUT2D eigenvalue weighted by Gasteiger charge is 2.48. The van der Waals surface area contributed by atoms with Crippen LogP contribution in [0.25, 0.3) is 0 Å². The van der Waals surface area contributed by atoms with E-state index >= 15 is 0 Å². The molecule has 6 nitrogen and oxygen atoms in total. The van der Waals surface area contributed by atoms with E-state index in [1.807, 2.05) is 0 Å². The van der Waals surface area contributed by atoms with Crippen molar-refractivity contribution in [1.82, 2.24) is 4.90 Å². The van der Waals surface area contributed by atoms with Crippen molar-refractivity contribution in [2.45, 2.75) is 51.7 Å². The SMILES string of the molecule is CC(C)(C)C[C@H](C(=O)N1CC[C@H]2OCC(=O)[C@H]21)c1ccccc1C(N)=O. The lowest BCUT2D eigenvalue weighted by atomic mass is 9.79. The van der Waals surface area contributed by atoms with Gasteiger partial charge >= 0.3 is 0 Å². The van der Waals surface area contributed by atoms with E-state index in [1.54, 1.807) is 29.2 Å². The molecule has 0 spiro atoms. The molecule has 0 bridgehead atoms. The van der Waals surface area contributed by atoms with Crippen molar-refractivity contribution in [3.8, 4) is 0 Å². The summed E-state index contributed by atoms with van der Waals surface area (Å²) in [6, 6.07) is 6.49. The van der Waals surface area contributed by atoms with Crippen LogP contribution >= 0.6 is 0 Å². The number of primary amides is 1. The Bertz CT molecular complexity index is 738. The molecular weight excluding hydrogens is 332 g/mol. The molecule has 0 radical (unpaired) electrons. The zero-order chi connectivity index (χ0) is 19.1. The van der Waals surface area contributed by atoms with Gasteiger partial charge in [-0.25, -0.2) is 0 Å². The number of hydrogen-bond donors (Lipinski definition) is 1. The van der Waals surface area contributed by atoms with Gasteiger partial charge in [-0.1, -0.05) is 39.0 Å². The summed E-state index contributed by atoms with van der Waals surface area (Å²) in [5, 5.41) is 0. The fourth-order valence-corrected chi connectivity index (χ4v) is 4.01. The molecule has 2 amide bonds. The van der Waals surface area contributed by atoms with Crippen LogP contribution in [0.2, 0.25) is 0 Å². The van der Waals surface area contributed by atoms with Crippen molar-refractivity contribution in [3.63, 3.8) is 0 Å². The summed E-state index contributed by atoms with van der Waals surface area (Å²) in [6.07, 6.45) is 1.02. The molecule has 0 aromatic heterocycles. The summed E-state index contributed by atoms with van der Waals surface area (Å²) in [4.78, 5) is 39.2. The van der Waals surface area contributed by atoms with Crippen molar-refractivity contribution >= 4 is 17.6 Å². The van der Waals surface area contributed by atoms with E-state index in [-0.39, 0.29) is 29.8 Å². The number of carbonyl (C=O) groups excluding carboxylic acids is 3. The van der Waals surface area contributed by atoms with Gasteiger partial charge in [0.15, 0.2) is 5.78 Å². The van der Waals surface area contributed by atoms with Gasteiger partial charge in [0, 0.05) is 12.1 Å². The highest BCUT2D eigenvalue weighted by molar-refractivity contribution is 5.98. The van der Waals surface area contributed by atoms with Gasteiger partial charge in [0.2, 0.25) is 11.8 Å². The van der Waals surface area contributed by atoms with Crippen LogP contribution in [0.4, 0.5) is 0 Å². The van der Waals surface area contributed by atoms with Gasteiger partial charge in [-0.15, -0.1) is 0 Å². The Morgan fingerprint density at radius 2 is 2.00 bits per heavy atom. The Labute approximate surface area is 153 Å². The molecular formula is C20H26N2O4. The van der Waals surface area contributed by atoms with E-state index in [0.717, 1.165) is 0 Å². The Morgan fingerprint density at radius 3 is 2.65 bits per heavy atom. The maximum atomic E-state index is 13.5. The third kappa shape index (κ3) is 3.51. The Balaban J connectivity index is 1.98. The molecule has 2 heterocycles. The molecule has 26 heavy (non-hydrogen) atoms. The summed E-state index contributed by atoms with van der Waals surface area (Å²) in [6.45, 7) is 6.73. The molecule has 2 aliphatic heterocycles. The normalized spacial score (nSPS) is 23.8. The predicted octanol–water partition coefficient (Wildman–Crippen LogP) is 1.87. The average molecular weight is 358 g/mol. The molecule has 3 atom stereocenters. The molecule has 6 heteroatoms. The largest absolute Gasteiger partial charge is 0.368 e. The number of amides is 2. The van der Waals surface area contributed by atoms with E-state index < -0.39 is 17.9 Å². The standard InChI is InChI=1S/C20H26N2O4/c1-20(2,3)10-14(12-6-4-5-7-13(12)18(21)24)19(25)22-9-8-16-17(22)15(23)11-26-16/h4-7,14,16-17H,8-11H2,1-3H3,(H2,21,24)/t14-,16+,17+/m0/s1. The van der Waals surface area contributed by atoms with E-state index in [9.17, 15) is 14.4 Å². The van der Waals surface area contributed by atoms with Gasteiger partial charge in [-0.2, -0.15) is 0 Å². The van der Waals surface area contributed by atoms with Gasteiger partial charge in [-0.3, -0.25) is 14.4 Å². The lowest BCUT2D eigenvalue weighted by molar-refractivity contribution is -0.138. The highest BCUT2D eigenvalue weighted by atomic mass is 16.5. The van der Waals surface area contributed by atoms with Crippen LogP contribution in [0, 0.1) is 5.41 Å². The summed E-state index contributed by atoms with van der Waals surface area (Å²) in [5.74, 6) is -1.24. The van der Waals surface area contributed by atoms with Crippen LogP contribution < -0.4 is 5.73 Å². The first-order valence-electron chi connectivity index (χ1n) is 9.02. The summed E-state index contributed by atoms with van der Waals surface area (Å²) in [5.41, 5.74) is 6.40. The predicted molar refractivity (Wildman–Crippen MR) is 96.6 cm³/mol. The number of benzene rings is 1. The summed E-state index contributed by atoms with van der Waals surface area (Å²) < 4.78 is 5.50. The number of ether oxygens (including phenoxy) is 1.